The summed E-state index contributed by atoms with van der Waals surface area (Å²) in [6.07, 6.45) is 3.10. The van der Waals surface area contributed by atoms with Crippen LogP contribution in [0.4, 0.5) is 5.69 Å². The van der Waals surface area contributed by atoms with Crippen molar-refractivity contribution in [3.8, 4) is 5.75 Å². The Balaban J connectivity index is 1.23. The molecule has 45 heavy (non-hydrogen) atoms. The van der Waals surface area contributed by atoms with E-state index in [2.05, 4.69) is 56.4 Å². The standard InChI is InChI=1S/C37H46N2O5Si/c1-25-33(17-12-26-8-7-11-29(20-26)38-19-18-35(38)41)44-34(37(25)45(3,4)32-15-13-31(43-2)14-16-32)22-36(42)39-23-28-10-6-5-9-27(28)21-30(39)24-40/h5-11,13-16,20,25,30,33-34,37,40H,12,17-19,21-24H2,1-4H3/t25-,30-,33+,34-,37+/m0/s1. The van der Waals surface area contributed by atoms with Crippen LogP contribution in [0.1, 0.15) is 42.9 Å². The minimum Gasteiger partial charge on any atom is -0.497 e. The van der Waals surface area contributed by atoms with Crippen LogP contribution in [0.15, 0.2) is 72.8 Å². The van der Waals surface area contributed by atoms with Gasteiger partial charge >= 0.3 is 0 Å². The average molecular weight is 627 g/mol. The third-order valence-electron chi connectivity index (χ3n) is 10.6. The first kappa shape index (κ1) is 31.5. The summed E-state index contributed by atoms with van der Waals surface area (Å²) in [6, 6.07) is 24.8. The molecule has 0 saturated carbocycles. The number of aliphatic hydroxyl groups is 1. The molecule has 7 nitrogen and oxygen atoms in total. The smallest absolute Gasteiger partial charge is 0.228 e. The lowest BCUT2D eigenvalue weighted by atomic mass is 9.93. The molecule has 6 rings (SSSR count). The van der Waals surface area contributed by atoms with E-state index in [0.717, 1.165) is 36.4 Å². The van der Waals surface area contributed by atoms with Gasteiger partial charge < -0.3 is 24.4 Å². The maximum Gasteiger partial charge on any atom is 0.228 e. The quantitative estimate of drug-likeness (QED) is 0.251. The van der Waals surface area contributed by atoms with Crippen molar-refractivity contribution in [2.45, 2.75) is 82.5 Å². The topological polar surface area (TPSA) is 79.3 Å². The van der Waals surface area contributed by atoms with Crippen LogP contribution in [-0.4, -0.2) is 68.4 Å². The second kappa shape index (κ2) is 13.1. The Morgan fingerprint density at radius 2 is 1.78 bits per heavy atom. The number of nitrogens with zero attached hydrogens (tertiary/aromatic N) is 2. The molecule has 0 spiro atoms. The minimum atomic E-state index is -2.13. The lowest BCUT2D eigenvalue weighted by Crippen LogP contribution is -2.52. The van der Waals surface area contributed by atoms with Gasteiger partial charge in [0.25, 0.3) is 0 Å². The zero-order valence-corrected chi connectivity index (χ0v) is 27.9. The summed E-state index contributed by atoms with van der Waals surface area (Å²) in [5.74, 6) is 1.34. The Kier molecular flexibility index (Phi) is 9.18. The number of methoxy groups -OCH3 is 1. The number of β-lactam (4-membered cyclic amide) rings is 1. The van der Waals surface area contributed by atoms with Crippen LogP contribution in [0.2, 0.25) is 18.6 Å². The summed E-state index contributed by atoms with van der Waals surface area (Å²) in [5, 5.41) is 11.6. The zero-order chi connectivity index (χ0) is 31.7. The van der Waals surface area contributed by atoms with Crippen molar-refractivity contribution in [2.24, 2.45) is 5.92 Å². The van der Waals surface area contributed by atoms with Crippen LogP contribution in [0.5, 0.6) is 5.75 Å². The van der Waals surface area contributed by atoms with Crippen LogP contribution in [0, 0.1) is 5.92 Å². The molecule has 0 radical (unpaired) electrons. The first-order valence-corrected chi connectivity index (χ1v) is 19.4. The summed E-state index contributed by atoms with van der Waals surface area (Å²) >= 11 is 0. The number of anilines is 1. The summed E-state index contributed by atoms with van der Waals surface area (Å²) in [4.78, 5) is 29.8. The van der Waals surface area contributed by atoms with Gasteiger partial charge in [0, 0.05) is 25.2 Å². The summed E-state index contributed by atoms with van der Waals surface area (Å²) in [7, 11) is -0.444. The van der Waals surface area contributed by atoms with Crippen molar-refractivity contribution in [3.63, 3.8) is 0 Å². The zero-order valence-electron chi connectivity index (χ0n) is 26.9. The highest BCUT2D eigenvalue weighted by molar-refractivity contribution is 6.91. The van der Waals surface area contributed by atoms with E-state index in [1.165, 1.54) is 16.3 Å². The molecular formula is C37H46N2O5Si. The highest BCUT2D eigenvalue weighted by atomic mass is 28.3. The van der Waals surface area contributed by atoms with Gasteiger partial charge in [-0.3, -0.25) is 9.59 Å². The van der Waals surface area contributed by atoms with E-state index in [9.17, 15) is 14.7 Å². The van der Waals surface area contributed by atoms with E-state index in [1.54, 1.807) is 7.11 Å². The van der Waals surface area contributed by atoms with Crippen molar-refractivity contribution in [1.29, 1.82) is 0 Å². The van der Waals surface area contributed by atoms with Gasteiger partial charge in [0.05, 0.1) is 46.5 Å². The monoisotopic (exact) mass is 626 g/mol. The van der Waals surface area contributed by atoms with Gasteiger partial charge in [-0.2, -0.15) is 0 Å². The molecule has 2 saturated heterocycles. The predicted molar refractivity (Wildman–Crippen MR) is 180 cm³/mol. The molecule has 0 unspecified atom stereocenters. The number of fused-ring (bicyclic) bond motifs is 1. The number of carbonyl (C=O) groups is 2. The Morgan fingerprint density at radius 1 is 1.02 bits per heavy atom. The Morgan fingerprint density at radius 3 is 2.44 bits per heavy atom. The summed E-state index contributed by atoms with van der Waals surface area (Å²) in [5.41, 5.74) is 4.76. The highest BCUT2D eigenvalue weighted by Crippen LogP contribution is 2.47. The molecule has 238 valence electrons. The second-order valence-electron chi connectivity index (χ2n) is 13.6. The molecule has 3 aliphatic heterocycles. The van der Waals surface area contributed by atoms with Crippen LogP contribution >= 0.6 is 0 Å². The first-order valence-electron chi connectivity index (χ1n) is 16.4. The fourth-order valence-electron chi connectivity index (χ4n) is 7.95. The summed E-state index contributed by atoms with van der Waals surface area (Å²) < 4.78 is 12.4. The number of carbonyl (C=O) groups excluding carboxylic acids is 2. The molecule has 1 N–H and O–H groups in total. The van der Waals surface area contributed by atoms with E-state index in [1.807, 2.05) is 46.2 Å². The average Bonchev–Trinajstić information content (AvgIpc) is 3.37. The van der Waals surface area contributed by atoms with Gasteiger partial charge in [-0.15, -0.1) is 0 Å². The van der Waals surface area contributed by atoms with Gasteiger partial charge in [-0.25, -0.2) is 0 Å². The molecule has 8 heteroatoms. The molecule has 3 aromatic rings. The van der Waals surface area contributed by atoms with E-state index in [-0.39, 0.29) is 48.1 Å². The lowest BCUT2D eigenvalue weighted by Gasteiger charge is -2.39. The molecule has 0 bridgehead atoms. The molecule has 2 fully saturated rings. The Bertz CT molecular complexity index is 1530. The van der Waals surface area contributed by atoms with Gasteiger partial charge in [0.1, 0.15) is 5.75 Å². The first-order chi connectivity index (χ1) is 21.7. The summed E-state index contributed by atoms with van der Waals surface area (Å²) in [6.45, 7) is 8.36. The SMILES string of the molecule is COc1ccc([Si](C)(C)[C@@H]2[C@@H](C)[C@@H](CCc3cccc(N4CCC4=O)c3)O[C@H]2CC(=O)N2Cc3ccccc3C[C@H]2CO)cc1. The molecule has 3 aromatic carbocycles. The van der Waals surface area contributed by atoms with E-state index in [4.69, 9.17) is 9.47 Å². The fraction of sp³-hybridized carbons (Fsp3) is 0.459. The fourth-order valence-corrected chi connectivity index (χ4v) is 12.0. The number of aliphatic hydroxyl groups excluding tert-OH is 1. The molecule has 3 aliphatic rings. The predicted octanol–water partition coefficient (Wildman–Crippen LogP) is 5.09. The van der Waals surface area contributed by atoms with Crippen molar-refractivity contribution in [1.82, 2.24) is 4.90 Å². The number of hydrogen-bond donors (Lipinski definition) is 1. The number of rotatable bonds is 10. The molecule has 0 aliphatic carbocycles. The van der Waals surface area contributed by atoms with Gasteiger partial charge in [0.2, 0.25) is 11.8 Å². The minimum absolute atomic E-state index is 0.0165. The van der Waals surface area contributed by atoms with Gasteiger partial charge in [-0.05, 0) is 71.7 Å². The van der Waals surface area contributed by atoms with Crippen LogP contribution in [0.3, 0.4) is 0 Å². The molecular weight excluding hydrogens is 581 g/mol. The van der Waals surface area contributed by atoms with E-state index in [0.29, 0.717) is 25.8 Å². The number of ether oxygens (including phenoxy) is 2. The Hall–Kier alpha value is -3.46. The van der Waals surface area contributed by atoms with Gasteiger partial charge in [0.15, 0.2) is 0 Å². The molecule has 2 amide bonds. The van der Waals surface area contributed by atoms with Crippen LogP contribution < -0.4 is 14.8 Å². The number of hydrogen-bond acceptors (Lipinski definition) is 5. The highest BCUT2D eigenvalue weighted by Gasteiger charge is 2.51. The van der Waals surface area contributed by atoms with Crippen molar-refractivity contribution in [2.75, 3.05) is 25.2 Å². The Labute approximate surface area is 268 Å². The molecule has 3 heterocycles. The van der Waals surface area contributed by atoms with Crippen molar-refractivity contribution in [3.05, 3.63) is 89.5 Å². The van der Waals surface area contributed by atoms with E-state index >= 15 is 0 Å². The van der Waals surface area contributed by atoms with E-state index < -0.39 is 8.07 Å². The maximum absolute atomic E-state index is 14.1. The normalized spacial score (nSPS) is 24.7. The van der Waals surface area contributed by atoms with Crippen LogP contribution in [-0.2, 0) is 33.7 Å². The molecule has 5 atom stereocenters. The maximum atomic E-state index is 14.1. The second-order valence-corrected chi connectivity index (χ2v) is 18.3. The third kappa shape index (κ3) is 6.33. The molecule has 0 aromatic heterocycles. The van der Waals surface area contributed by atoms with Crippen LogP contribution in [0.25, 0.3) is 0 Å². The number of amides is 2. The van der Waals surface area contributed by atoms with Crippen molar-refractivity contribution >= 4 is 30.8 Å². The largest absolute Gasteiger partial charge is 0.497 e. The number of benzene rings is 3. The van der Waals surface area contributed by atoms with Crippen molar-refractivity contribution < 1.29 is 24.2 Å². The number of aryl methyl sites for hydroxylation is 1. The van der Waals surface area contributed by atoms with Gasteiger partial charge in [-0.1, -0.05) is 73.7 Å². The lowest BCUT2D eigenvalue weighted by molar-refractivity contribution is -0.138. The third-order valence-corrected chi connectivity index (χ3v) is 15.0.